The quantitative estimate of drug-likeness (QED) is 0.381. The first-order valence-corrected chi connectivity index (χ1v) is 13.5. The molecule has 0 radical (unpaired) electrons. The van der Waals surface area contributed by atoms with Crippen molar-refractivity contribution in [3.05, 3.63) is 23.3 Å². The molecule has 2 bridgehead atoms. The lowest BCUT2D eigenvalue weighted by molar-refractivity contribution is -0.357. The van der Waals surface area contributed by atoms with Gasteiger partial charge in [0, 0.05) is 30.3 Å². The van der Waals surface area contributed by atoms with Gasteiger partial charge in [-0.25, -0.2) is 4.79 Å². The zero-order valence-electron chi connectivity index (χ0n) is 21.9. The minimum absolute atomic E-state index is 0.0762. The lowest BCUT2D eigenvalue weighted by Crippen LogP contribution is -2.70. The van der Waals surface area contributed by atoms with Gasteiger partial charge in [-0.05, 0) is 71.8 Å². The van der Waals surface area contributed by atoms with E-state index in [1.54, 1.807) is 19.9 Å². The number of allylic oxidation sites excluding steroid dienone is 1. The molecule has 9 heteroatoms. The summed E-state index contributed by atoms with van der Waals surface area (Å²) in [6, 6.07) is 0. The number of hydrogen-bond donors (Lipinski definition) is 4. The summed E-state index contributed by atoms with van der Waals surface area (Å²) in [5.41, 5.74) is -3.83. The van der Waals surface area contributed by atoms with Gasteiger partial charge in [0.1, 0.15) is 22.9 Å². The molecule has 6 rings (SSSR count). The molecular formula is C28H38O9. The highest BCUT2D eigenvalue weighted by atomic mass is 16.7. The molecule has 4 heterocycles. The molecule has 0 unspecified atom stereocenters. The number of carbonyl (C=O) groups is 2. The molecular weight excluding hydrogens is 480 g/mol. The van der Waals surface area contributed by atoms with Gasteiger partial charge in [-0.1, -0.05) is 11.6 Å². The van der Waals surface area contributed by atoms with Crippen LogP contribution in [-0.2, 0) is 23.8 Å². The summed E-state index contributed by atoms with van der Waals surface area (Å²) < 4.78 is 18.6. The number of carbonyl (C=O) groups excluding carboxylic acids is 2. The zero-order chi connectivity index (χ0) is 26.8. The highest BCUT2D eigenvalue weighted by molar-refractivity contribution is 5.97. The fraction of sp³-hybridized carbons (Fsp3) is 0.786. The first-order chi connectivity index (χ1) is 17.2. The van der Waals surface area contributed by atoms with E-state index in [9.17, 15) is 30.0 Å². The van der Waals surface area contributed by atoms with Crippen LogP contribution < -0.4 is 0 Å². The van der Waals surface area contributed by atoms with Crippen LogP contribution in [0.5, 0.6) is 0 Å². The Labute approximate surface area is 216 Å². The van der Waals surface area contributed by atoms with Gasteiger partial charge in [0.2, 0.25) is 0 Å². The summed E-state index contributed by atoms with van der Waals surface area (Å²) in [7, 11) is 0. The van der Waals surface area contributed by atoms with Crippen molar-refractivity contribution in [1.82, 2.24) is 0 Å². The molecule has 37 heavy (non-hydrogen) atoms. The van der Waals surface area contributed by atoms with Crippen molar-refractivity contribution in [2.75, 3.05) is 0 Å². The van der Waals surface area contributed by atoms with Crippen LogP contribution in [0.2, 0.25) is 0 Å². The topological polar surface area (TPSA) is 143 Å². The Bertz CT molecular complexity index is 1110. The third kappa shape index (κ3) is 3.01. The molecule has 9 nitrogen and oxygen atoms in total. The van der Waals surface area contributed by atoms with Crippen LogP contribution in [0.4, 0.5) is 0 Å². The Morgan fingerprint density at radius 2 is 1.76 bits per heavy atom. The highest BCUT2D eigenvalue weighted by Gasteiger charge is 2.75. The van der Waals surface area contributed by atoms with E-state index in [-0.39, 0.29) is 31.5 Å². The molecule has 4 aliphatic heterocycles. The van der Waals surface area contributed by atoms with Gasteiger partial charge in [0.05, 0.1) is 11.5 Å². The van der Waals surface area contributed by atoms with E-state index in [1.165, 1.54) is 6.08 Å². The predicted octanol–water partition coefficient (Wildman–Crippen LogP) is 1.66. The van der Waals surface area contributed by atoms with Crippen molar-refractivity contribution in [3.8, 4) is 0 Å². The largest absolute Gasteiger partial charge is 0.456 e. The number of ketones is 1. The molecule has 1 spiro atoms. The normalized spacial score (nSPS) is 55.2. The Kier molecular flexibility index (Phi) is 5.36. The van der Waals surface area contributed by atoms with E-state index in [4.69, 9.17) is 14.2 Å². The Hall–Kier alpha value is -1.62. The number of ether oxygens (including phenoxy) is 3. The molecule has 0 aromatic heterocycles. The number of cyclic esters (lactones) is 1. The molecule has 0 amide bonds. The first kappa shape index (κ1) is 25.6. The second-order valence-corrected chi connectivity index (χ2v) is 12.8. The third-order valence-corrected chi connectivity index (χ3v) is 11.3. The van der Waals surface area contributed by atoms with Gasteiger partial charge in [0.15, 0.2) is 17.9 Å². The maximum atomic E-state index is 13.3. The molecule has 0 aromatic rings. The average molecular weight is 519 g/mol. The number of aliphatic hydroxyl groups is 4. The summed E-state index contributed by atoms with van der Waals surface area (Å²) in [4.78, 5) is 25.9. The standard InChI is InChI=1S/C28H38O9/c1-14-12-21(35-22(31)15(14)2)25(4)18-8-11-28(34)17-13-20(30)27(33)9-5-6-19(29)24(27,3)16(17)7-10-26(18,37-28)23(32)36-25/h5-6,16-18,20-21,23,30,32-34H,7-13H2,1-4H3/t16-,17+,18+,20+,21+,23-,24-,25+,26+,27-,28+/m0/s1. The third-order valence-electron chi connectivity index (χ3n) is 11.3. The number of esters is 1. The summed E-state index contributed by atoms with van der Waals surface area (Å²) in [6.07, 6.45) is 1.83. The van der Waals surface area contributed by atoms with Crippen LogP contribution in [0, 0.1) is 23.2 Å². The summed E-state index contributed by atoms with van der Waals surface area (Å²) in [5, 5.41) is 46.2. The van der Waals surface area contributed by atoms with Crippen molar-refractivity contribution in [2.45, 2.75) is 114 Å². The van der Waals surface area contributed by atoms with E-state index in [0.29, 0.717) is 24.8 Å². The molecule has 204 valence electrons. The van der Waals surface area contributed by atoms with Crippen LogP contribution in [0.25, 0.3) is 0 Å². The monoisotopic (exact) mass is 518 g/mol. The van der Waals surface area contributed by atoms with Crippen LogP contribution in [-0.4, -0.2) is 73.3 Å². The summed E-state index contributed by atoms with van der Waals surface area (Å²) in [6.45, 7) is 7.16. The second-order valence-electron chi connectivity index (χ2n) is 12.8. The zero-order valence-corrected chi connectivity index (χ0v) is 21.9. The van der Waals surface area contributed by atoms with Crippen LogP contribution in [0.15, 0.2) is 23.3 Å². The van der Waals surface area contributed by atoms with Gasteiger partial charge in [-0.15, -0.1) is 0 Å². The fourth-order valence-electron chi connectivity index (χ4n) is 8.86. The maximum absolute atomic E-state index is 13.3. The molecule has 0 aromatic carbocycles. The summed E-state index contributed by atoms with van der Waals surface area (Å²) >= 11 is 0. The molecule has 4 N–H and O–H groups in total. The van der Waals surface area contributed by atoms with Gasteiger partial charge in [-0.2, -0.15) is 0 Å². The number of hydrogen-bond acceptors (Lipinski definition) is 9. The molecule has 6 aliphatic rings. The van der Waals surface area contributed by atoms with Gasteiger partial charge < -0.3 is 34.6 Å². The van der Waals surface area contributed by atoms with Crippen LogP contribution in [0.1, 0.15) is 72.6 Å². The number of aliphatic hydroxyl groups excluding tert-OH is 2. The summed E-state index contributed by atoms with van der Waals surface area (Å²) in [5.74, 6) is -3.90. The molecule has 4 fully saturated rings. The van der Waals surface area contributed by atoms with Crippen molar-refractivity contribution in [1.29, 1.82) is 0 Å². The Balaban J connectivity index is 1.40. The molecule has 1 saturated carbocycles. The van der Waals surface area contributed by atoms with E-state index >= 15 is 0 Å². The van der Waals surface area contributed by atoms with Crippen LogP contribution >= 0.6 is 0 Å². The minimum atomic E-state index is -1.73. The SMILES string of the molecule is CC1=C(C)C(=O)O[C@@H]([C@]2(C)O[C@H](O)[C@@]34CC[C@H]5[C@@H](C[C@@H](O)[C@@]6(O)CC=CC(=O)[C@]56C)[C@@](O)(CC[C@H]23)O4)C1. The van der Waals surface area contributed by atoms with Gasteiger partial charge in [-0.3, -0.25) is 4.79 Å². The fourth-order valence-corrected chi connectivity index (χ4v) is 8.86. The Morgan fingerprint density at radius 1 is 1.03 bits per heavy atom. The van der Waals surface area contributed by atoms with Crippen molar-refractivity contribution in [3.63, 3.8) is 0 Å². The Morgan fingerprint density at radius 3 is 2.46 bits per heavy atom. The van der Waals surface area contributed by atoms with Crippen LogP contribution in [0.3, 0.4) is 0 Å². The van der Waals surface area contributed by atoms with E-state index in [1.807, 2.05) is 13.8 Å². The van der Waals surface area contributed by atoms with Crippen molar-refractivity contribution < 1.29 is 44.2 Å². The van der Waals surface area contributed by atoms with E-state index in [2.05, 4.69) is 0 Å². The highest BCUT2D eigenvalue weighted by Crippen LogP contribution is 2.66. The molecule has 11 atom stereocenters. The molecule has 2 aliphatic carbocycles. The van der Waals surface area contributed by atoms with E-state index in [0.717, 1.165) is 5.57 Å². The number of fused-ring (bicyclic) bond motifs is 5. The first-order valence-electron chi connectivity index (χ1n) is 13.5. The maximum Gasteiger partial charge on any atom is 0.334 e. The van der Waals surface area contributed by atoms with Gasteiger partial charge >= 0.3 is 5.97 Å². The molecule has 3 saturated heterocycles. The predicted molar refractivity (Wildman–Crippen MR) is 129 cm³/mol. The minimum Gasteiger partial charge on any atom is -0.456 e. The second kappa shape index (κ2) is 7.73. The lowest BCUT2D eigenvalue weighted by Gasteiger charge is -2.60. The van der Waals surface area contributed by atoms with Crippen molar-refractivity contribution in [2.24, 2.45) is 23.2 Å². The number of rotatable bonds is 1. The van der Waals surface area contributed by atoms with E-state index < -0.39 is 70.2 Å². The average Bonchev–Trinajstić information content (AvgIpc) is 2.99. The van der Waals surface area contributed by atoms with Crippen molar-refractivity contribution >= 4 is 11.8 Å². The van der Waals surface area contributed by atoms with Gasteiger partial charge in [0.25, 0.3) is 0 Å². The lowest BCUT2D eigenvalue weighted by atomic mass is 9.48. The smallest absolute Gasteiger partial charge is 0.334 e.